The molecular formula is C32H40ClN3O5S. The van der Waals surface area contributed by atoms with Gasteiger partial charge in [0.25, 0.3) is 0 Å². The highest BCUT2D eigenvalue weighted by molar-refractivity contribution is 7.92. The lowest BCUT2D eigenvalue weighted by atomic mass is 10.0. The topological polar surface area (TPSA) is 96.0 Å². The minimum atomic E-state index is -3.67. The molecule has 0 saturated heterocycles. The third-order valence-electron chi connectivity index (χ3n) is 6.59. The van der Waals surface area contributed by atoms with Crippen LogP contribution in [-0.4, -0.2) is 56.6 Å². The molecular weight excluding hydrogens is 574 g/mol. The van der Waals surface area contributed by atoms with E-state index in [1.165, 1.54) is 4.31 Å². The Kier molecular flexibility index (Phi) is 12.2. The Labute approximate surface area is 254 Å². The maximum atomic E-state index is 13.9. The lowest BCUT2D eigenvalue weighted by molar-refractivity contribution is -0.141. The maximum absolute atomic E-state index is 13.9. The Morgan fingerprint density at radius 1 is 0.952 bits per heavy atom. The number of carbonyl (C=O) groups is 2. The van der Waals surface area contributed by atoms with E-state index < -0.39 is 16.1 Å². The molecule has 3 rings (SSSR count). The molecule has 0 aromatic heterocycles. The number of para-hydroxylation sites is 2. The zero-order chi connectivity index (χ0) is 30.7. The minimum absolute atomic E-state index is 0.0214. The van der Waals surface area contributed by atoms with Gasteiger partial charge in [0.1, 0.15) is 11.8 Å². The fourth-order valence-electron chi connectivity index (χ4n) is 4.67. The molecule has 3 aromatic rings. The average molecular weight is 614 g/mol. The van der Waals surface area contributed by atoms with Crippen LogP contribution in [0.5, 0.6) is 5.75 Å². The van der Waals surface area contributed by atoms with Crippen molar-refractivity contribution in [2.24, 2.45) is 0 Å². The number of ether oxygens (including phenoxy) is 1. The Bertz CT molecular complexity index is 1430. The number of carbonyl (C=O) groups excluding carboxylic acids is 2. The molecule has 42 heavy (non-hydrogen) atoms. The summed E-state index contributed by atoms with van der Waals surface area (Å²) >= 11 is 6.48. The Morgan fingerprint density at radius 3 is 2.24 bits per heavy atom. The number of sulfonamides is 1. The molecule has 0 radical (unpaired) electrons. The van der Waals surface area contributed by atoms with Gasteiger partial charge in [-0.3, -0.25) is 13.9 Å². The first kappa shape index (κ1) is 32.9. The molecule has 0 fully saturated rings. The predicted octanol–water partition coefficient (Wildman–Crippen LogP) is 5.45. The monoisotopic (exact) mass is 613 g/mol. The van der Waals surface area contributed by atoms with Crippen LogP contribution in [0.1, 0.15) is 44.7 Å². The molecule has 1 atom stereocenters. The first-order chi connectivity index (χ1) is 20.0. The van der Waals surface area contributed by atoms with Crippen molar-refractivity contribution in [3.05, 3.63) is 95.0 Å². The number of anilines is 1. The fraction of sp³-hybridized carbons (Fsp3) is 0.375. The van der Waals surface area contributed by atoms with Crippen LogP contribution >= 0.6 is 11.6 Å². The number of rotatable bonds is 15. The van der Waals surface area contributed by atoms with Crippen molar-refractivity contribution < 1.29 is 22.7 Å². The highest BCUT2D eigenvalue weighted by Gasteiger charge is 2.31. The van der Waals surface area contributed by atoms with E-state index in [1.807, 2.05) is 69.3 Å². The molecule has 0 bridgehead atoms. The van der Waals surface area contributed by atoms with Crippen molar-refractivity contribution in [3.8, 4) is 5.75 Å². The van der Waals surface area contributed by atoms with E-state index in [0.717, 1.165) is 11.8 Å². The lowest BCUT2D eigenvalue weighted by Crippen LogP contribution is -2.51. The zero-order valence-electron chi connectivity index (χ0n) is 24.6. The van der Waals surface area contributed by atoms with E-state index in [0.29, 0.717) is 35.1 Å². The standard InChI is InChI=1S/C32H40ClN3O5S/c1-5-41-30-19-12-11-18-28(30)36(42(4,39)40)21-13-20-31(37)35(23-26-16-9-10-17-27(26)33)29(32(38)34-24(2)3)22-25-14-7-6-8-15-25/h6-12,14-19,24,29H,5,13,20-23H2,1-4H3,(H,34,38). The SMILES string of the molecule is CCOc1ccccc1N(CCCC(=O)N(Cc1ccccc1Cl)C(Cc1ccccc1)C(=O)NC(C)C)S(C)(=O)=O. The van der Waals surface area contributed by atoms with Gasteiger partial charge in [-0.2, -0.15) is 0 Å². The van der Waals surface area contributed by atoms with Gasteiger partial charge in [-0.15, -0.1) is 0 Å². The molecule has 0 aliphatic heterocycles. The summed E-state index contributed by atoms with van der Waals surface area (Å²) in [5.41, 5.74) is 2.04. The second-order valence-electron chi connectivity index (χ2n) is 10.3. The zero-order valence-corrected chi connectivity index (χ0v) is 26.2. The summed E-state index contributed by atoms with van der Waals surface area (Å²) in [6.45, 7) is 6.15. The number of nitrogens with one attached hydrogen (secondary N) is 1. The van der Waals surface area contributed by atoms with Crippen molar-refractivity contribution in [2.75, 3.05) is 23.7 Å². The van der Waals surface area contributed by atoms with Crippen molar-refractivity contribution >= 4 is 39.1 Å². The number of halogens is 1. The van der Waals surface area contributed by atoms with Gasteiger partial charge in [0.15, 0.2) is 0 Å². The molecule has 2 amide bonds. The normalized spacial score (nSPS) is 12.0. The van der Waals surface area contributed by atoms with Crippen LogP contribution in [0.25, 0.3) is 0 Å². The maximum Gasteiger partial charge on any atom is 0.243 e. The van der Waals surface area contributed by atoms with E-state index in [-0.39, 0.29) is 43.8 Å². The Hall–Kier alpha value is -3.56. The summed E-state index contributed by atoms with van der Waals surface area (Å²) in [5.74, 6) is -0.0932. The van der Waals surface area contributed by atoms with Crippen molar-refractivity contribution in [1.82, 2.24) is 10.2 Å². The molecule has 0 saturated carbocycles. The third-order valence-corrected chi connectivity index (χ3v) is 8.14. The van der Waals surface area contributed by atoms with Crippen LogP contribution in [0.4, 0.5) is 5.69 Å². The molecule has 1 unspecified atom stereocenters. The van der Waals surface area contributed by atoms with E-state index in [2.05, 4.69) is 5.32 Å². The Balaban J connectivity index is 1.90. The van der Waals surface area contributed by atoms with Gasteiger partial charge in [-0.05, 0) is 56.5 Å². The number of hydrogen-bond donors (Lipinski definition) is 1. The number of hydrogen-bond acceptors (Lipinski definition) is 5. The van der Waals surface area contributed by atoms with Gasteiger partial charge < -0.3 is 15.0 Å². The molecule has 0 heterocycles. The van der Waals surface area contributed by atoms with E-state index >= 15 is 0 Å². The quantitative estimate of drug-likeness (QED) is 0.246. The summed E-state index contributed by atoms with van der Waals surface area (Å²) in [6.07, 6.45) is 1.70. The van der Waals surface area contributed by atoms with Crippen LogP contribution in [0, 0.1) is 0 Å². The van der Waals surface area contributed by atoms with Gasteiger partial charge in [-0.25, -0.2) is 8.42 Å². The van der Waals surface area contributed by atoms with Gasteiger partial charge in [0.2, 0.25) is 21.8 Å². The van der Waals surface area contributed by atoms with Crippen molar-refractivity contribution in [1.29, 1.82) is 0 Å². The van der Waals surface area contributed by atoms with Gasteiger partial charge in [0, 0.05) is 37.0 Å². The molecule has 226 valence electrons. The summed E-state index contributed by atoms with van der Waals surface area (Å²) < 4.78 is 32.5. The minimum Gasteiger partial charge on any atom is -0.492 e. The van der Waals surface area contributed by atoms with Crippen molar-refractivity contribution in [3.63, 3.8) is 0 Å². The summed E-state index contributed by atoms with van der Waals surface area (Å²) in [4.78, 5) is 29.0. The second-order valence-corrected chi connectivity index (χ2v) is 12.6. The second kappa shape index (κ2) is 15.6. The van der Waals surface area contributed by atoms with Crippen LogP contribution in [0.2, 0.25) is 5.02 Å². The van der Waals surface area contributed by atoms with Crippen LogP contribution < -0.4 is 14.4 Å². The Morgan fingerprint density at radius 2 is 1.60 bits per heavy atom. The number of benzene rings is 3. The average Bonchev–Trinajstić information content (AvgIpc) is 2.94. The lowest BCUT2D eigenvalue weighted by Gasteiger charge is -2.32. The largest absolute Gasteiger partial charge is 0.492 e. The molecule has 0 aliphatic rings. The third kappa shape index (κ3) is 9.49. The summed E-state index contributed by atoms with van der Waals surface area (Å²) in [7, 11) is -3.67. The first-order valence-electron chi connectivity index (χ1n) is 14.1. The highest BCUT2D eigenvalue weighted by Crippen LogP contribution is 2.30. The molecule has 0 spiro atoms. The fourth-order valence-corrected chi connectivity index (χ4v) is 5.83. The molecule has 1 N–H and O–H groups in total. The van der Waals surface area contributed by atoms with Gasteiger partial charge >= 0.3 is 0 Å². The van der Waals surface area contributed by atoms with Gasteiger partial charge in [0.05, 0.1) is 18.6 Å². The predicted molar refractivity (Wildman–Crippen MR) is 168 cm³/mol. The van der Waals surface area contributed by atoms with Crippen LogP contribution in [0.3, 0.4) is 0 Å². The van der Waals surface area contributed by atoms with E-state index in [1.54, 1.807) is 35.2 Å². The smallest absolute Gasteiger partial charge is 0.243 e. The van der Waals surface area contributed by atoms with Crippen molar-refractivity contribution in [2.45, 2.75) is 58.7 Å². The van der Waals surface area contributed by atoms with Gasteiger partial charge in [-0.1, -0.05) is 72.3 Å². The van der Waals surface area contributed by atoms with Crippen LogP contribution in [0.15, 0.2) is 78.9 Å². The highest BCUT2D eigenvalue weighted by atomic mass is 35.5. The van der Waals surface area contributed by atoms with E-state index in [9.17, 15) is 18.0 Å². The summed E-state index contributed by atoms with van der Waals surface area (Å²) in [5, 5.41) is 3.46. The summed E-state index contributed by atoms with van der Waals surface area (Å²) in [6, 6.07) is 22.8. The first-order valence-corrected chi connectivity index (χ1v) is 16.3. The molecule has 0 aliphatic carbocycles. The molecule has 10 heteroatoms. The number of amides is 2. The van der Waals surface area contributed by atoms with E-state index in [4.69, 9.17) is 16.3 Å². The molecule has 8 nitrogen and oxygen atoms in total. The number of nitrogens with zero attached hydrogens (tertiary/aromatic N) is 2. The van der Waals surface area contributed by atoms with Crippen LogP contribution in [-0.2, 0) is 32.6 Å². The molecule has 3 aromatic carbocycles.